The van der Waals surface area contributed by atoms with Crippen LogP contribution in [0.2, 0.25) is 0 Å². The predicted molar refractivity (Wildman–Crippen MR) is 170 cm³/mol. The summed E-state index contributed by atoms with van der Waals surface area (Å²) in [6.45, 7) is 9.31. The van der Waals surface area contributed by atoms with Crippen LogP contribution in [0.25, 0.3) is 0 Å². The Morgan fingerprint density at radius 3 is 2.21 bits per heavy atom. The maximum absolute atomic E-state index is 13.7. The van der Waals surface area contributed by atoms with E-state index in [-0.39, 0.29) is 23.7 Å². The molecule has 4 aliphatic rings. The second-order valence-electron chi connectivity index (χ2n) is 14.3. The lowest BCUT2D eigenvalue weighted by Crippen LogP contribution is -2.61. The average molecular weight is 590 g/mol. The van der Waals surface area contributed by atoms with Crippen molar-refractivity contribution in [3.8, 4) is 5.75 Å². The third kappa shape index (κ3) is 7.91. The molecule has 0 unspecified atom stereocenters. The average Bonchev–Trinajstić information content (AvgIpc) is 2.94. The first-order valence-corrected chi connectivity index (χ1v) is 16.3. The van der Waals surface area contributed by atoms with E-state index in [2.05, 4.69) is 28.5 Å². The van der Waals surface area contributed by atoms with Crippen molar-refractivity contribution >= 4 is 12.0 Å². The highest BCUT2D eigenvalue weighted by Gasteiger charge is 2.55. The van der Waals surface area contributed by atoms with Crippen molar-refractivity contribution in [3.63, 3.8) is 0 Å². The van der Waals surface area contributed by atoms with Crippen LogP contribution in [0.5, 0.6) is 5.75 Å². The normalized spacial score (nSPS) is 24.8. The number of carbonyl (C=O) groups excluding carboxylic acids is 2. The third-order valence-electron chi connectivity index (χ3n) is 9.55. The maximum Gasteiger partial charge on any atom is 0.411 e. The molecule has 0 spiro atoms. The van der Waals surface area contributed by atoms with Crippen molar-refractivity contribution in [2.24, 2.45) is 17.8 Å². The smallest absolute Gasteiger partial charge is 0.411 e. The van der Waals surface area contributed by atoms with E-state index < -0.39 is 5.60 Å². The Labute approximate surface area is 258 Å². The first-order valence-electron chi connectivity index (χ1n) is 16.3. The number of hydrogen-bond acceptors (Lipinski definition) is 5. The molecule has 0 radical (unpaired) electrons. The van der Waals surface area contributed by atoms with Crippen LogP contribution in [0.4, 0.5) is 4.79 Å². The standard InChI is InChI=1S/C36H51N3O4/c1-6-7-15-37-32(20-26-9-8-10-31(19-26)42-5)38-33(40)30-13-11-25(12-14-30)24-39(34(41)43-35(2,3)4)36-21-27-16-28(22-36)18-29(17-27)23-36/h8-14,19,27-29,32,37H,6-7,15-18,20-24H2,1-5H3,(H,38,40)/t27?,28?,29?,32-,36?/m1/s1. The minimum absolute atomic E-state index is 0.117. The summed E-state index contributed by atoms with van der Waals surface area (Å²) in [6, 6.07) is 15.7. The Kier molecular flexibility index (Phi) is 9.70. The van der Waals surface area contributed by atoms with E-state index in [1.165, 1.54) is 19.3 Å². The van der Waals surface area contributed by atoms with E-state index in [9.17, 15) is 9.59 Å². The van der Waals surface area contributed by atoms with Crippen LogP contribution >= 0.6 is 0 Å². The predicted octanol–water partition coefficient (Wildman–Crippen LogP) is 7.09. The summed E-state index contributed by atoms with van der Waals surface area (Å²) < 4.78 is 11.4. The van der Waals surface area contributed by atoms with Crippen LogP contribution < -0.4 is 15.4 Å². The summed E-state index contributed by atoms with van der Waals surface area (Å²) in [5.74, 6) is 2.85. The van der Waals surface area contributed by atoms with Crippen LogP contribution in [-0.4, -0.2) is 47.9 Å². The van der Waals surface area contributed by atoms with Crippen molar-refractivity contribution < 1.29 is 19.1 Å². The molecule has 0 aromatic heterocycles. The number of nitrogens with zero attached hydrogens (tertiary/aromatic N) is 1. The van der Waals surface area contributed by atoms with E-state index in [0.29, 0.717) is 18.5 Å². The number of amides is 2. The van der Waals surface area contributed by atoms with Crippen LogP contribution in [0, 0.1) is 17.8 Å². The first kappa shape index (κ1) is 31.4. The van der Waals surface area contributed by atoms with Gasteiger partial charge in [0, 0.05) is 24.1 Å². The van der Waals surface area contributed by atoms with Crippen LogP contribution in [0.1, 0.15) is 101 Å². The third-order valence-corrected chi connectivity index (χ3v) is 9.55. The van der Waals surface area contributed by atoms with Crippen LogP contribution in [0.3, 0.4) is 0 Å². The number of carbonyl (C=O) groups is 2. The monoisotopic (exact) mass is 589 g/mol. The molecule has 7 heteroatoms. The molecule has 4 bridgehead atoms. The molecular formula is C36H51N3O4. The highest BCUT2D eigenvalue weighted by atomic mass is 16.6. The fourth-order valence-corrected chi connectivity index (χ4v) is 7.99. The van der Waals surface area contributed by atoms with Gasteiger partial charge in [0.15, 0.2) is 0 Å². The van der Waals surface area contributed by atoms with Crippen molar-refractivity contribution in [2.75, 3.05) is 13.7 Å². The summed E-state index contributed by atoms with van der Waals surface area (Å²) in [5.41, 5.74) is 2.05. The molecule has 0 saturated heterocycles. The lowest BCUT2D eigenvalue weighted by Gasteiger charge is -2.60. The number of hydrogen-bond donors (Lipinski definition) is 2. The Morgan fingerprint density at radius 2 is 1.63 bits per heavy atom. The van der Waals surface area contributed by atoms with Gasteiger partial charge in [-0.05, 0) is 125 Å². The molecule has 43 heavy (non-hydrogen) atoms. The van der Waals surface area contributed by atoms with Gasteiger partial charge in [0.1, 0.15) is 11.4 Å². The molecule has 6 rings (SSSR count). The van der Waals surface area contributed by atoms with Gasteiger partial charge in [0.2, 0.25) is 0 Å². The number of ether oxygens (including phenoxy) is 2. The van der Waals surface area contributed by atoms with E-state index in [1.807, 2.05) is 63.2 Å². The zero-order valence-corrected chi connectivity index (χ0v) is 26.8. The Morgan fingerprint density at radius 1 is 0.977 bits per heavy atom. The highest BCUT2D eigenvalue weighted by Crippen LogP contribution is 2.58. The molecule has 7 nitrogen and oxygen atoms in total. The quantitative estimate of drug-likeness (QED) is 0.204. The van der Waals surface area contributed by atoms with Gasteiger partial charge in [-0.3, -0.25) is 15.0 Å². The van der Waals surface area contributed by atoms with Gasteiger partial charge in [-0.2, -0.15) is 0 Å². The summed E-state index contributed by atoms with van der Waals surface area (Å²) in [5, 5.41) is 6.70. The second kappa shape index (κ2) is 13.3. The van der Waals surface area contributed by atoms with Gasteiger partial charge in [-0.1, -0.05) is 37.6 Å². The maximum atomic E-state index is 13.7. The van der Waals surface area contributed by atoms with E-state index >= 15 is 0 Å². The Hall–Kier alpha value is -3.06. The zero-order chi connectivity index (χ0) is 30.6. The topological polar surface area (TPSA) is 79.9 Å². The van der Waals surface area contributed by atoms with Gasteiger partial charge < -0.3 is 14.8 Å². The van der Waals surface area contributed by atoms with Crippen molar-refractivity contribution in [3.05, 3.63) is 65.2 Å². The second-order valence-corrected chi connectivity index (χ2v) is 14.3. The Bertz CT molecular complexity index is 1220. The summed E-state index contributed by atoms with van der Waals surface area (Å²) in [7, 11) is 1.66. The van der Waals surface area contributed by atoms with Crippen molar-refractivity contribution in [1.82, 2.24) is 15.5 Å². The zero-order valence-electron chi connectivity index (χ0n) is 26.8. The molecule has 234 valence electrons. The van der Waals surface area contributed by atoms with Gasteiger partial charge in [0.25, 0.3) is 5.91 Å². The molecule has 2 aromatic rings. The van der Waals surface area contributed by atoms with Crippen LogP contribution in [-0.2, 0) is 17.7 Å². The van der Waals surface area contributed by atoms with E-state index in [4.69, 9.17) is 9.47 Å². The fourth-order valence-electron chi connectivity index (χ4n) is 7.99. The van der Waals surface area contributed by atoms with Gasteiger partial charge in [0.05, 0.1) is 13.3 Å². The van der Waals surface area contributed by atoms with Crippen LogP contribution in [0.15, 0.2) is 48.5 Å². The molecule has 2 amide bonds. The Balaban J connectivity index is 1.29. The molecule has 0 heterocycles. The number of benzene rings is 2. The number of unbranched alkanes of at least 4 members (excludes halogenated alkanes) is 1. The molecular weight excluding hydrogens is 538 g/mol. The molecule has 1 atom stereocenters. The molecule has 2 aromatic carbocycles. The van der Waals surface area contributed by atoms with E-state index in [1.54, 1.807) is 7.11 Å². The lowest BCUT2D eigenvalue weighted by molar-refractivity contribution is -0.0933. The first-order chi connectivity index (χ1) is 20.6. The fraction of sp³-hybridized carbons (Fsp3) is 0.611. The summed E-state index contributed by atoms with van der Waals surface area (Å²) >= 11 is 0. The number of nitrogens with one attached hydrogen (secondary N) is 2. The summed E-state index contributed by atoms with van der Waals surface area (Å²) in [6.07, 6.45) is 9.55. The highest BCUT2D eigenvalue weighted by molar-refractivity contribution is 5.94. The van der Waals surface area contributed by atoms with Gasteiger partial charge in [-0.15, -0.1) is 0 Å². The minimum Gasteiger partial charge on any atom is -0.497 e. The number of methoxy groups -OCH3 is 1. The van der Waals surface area contributed by atoms with Crippen molar-refractivity contribution in [1.29, 1.82) is 0 Å². The molecule has 0 aliphatic heterocycles. The SMILES string of the molecule is CCCCN[C@@H](Cc1cccc(OC)c1)NC(=O)c1ccc(CN(C(=O)OC(C)(C)C)C23CC4CC(CC(C4)C2)C3)cc1. The molecule has 4 saturated carbocycles. The van der Waals surface area contributed by atoms with E-state index in [0.717, 1.165) is 73.3 Å². The largest absolute Gasteiger partial charge is 0.497 e. The molecule has 4 fully saturated rings. The van der Waals surface area contributed by atoms with Gasteiger partial charge >= 0.3 is 6.09 Å². The van der Waals surface area contributed by atoms with Crippen molar-refractivity contribution in [2.45, 2.75) is 109 Å². The number of rotatable bonds is 12. The summed E-state index contributed by atoms with van der Waals surface area (Å²) in [4.78, 5) is 29.1. The lowest BCUT2D eigenvalue weighted by atomic mass is 9.52. The minimum atomic E-state index is -0.549. The molecule has 4 aliphatic carbocycles. The molecule has 2 N–H and O–H groups in total. The van der Waals surface area contributed by atoms with Gasteiger partial charge in [-0.25, -0.2) is 4.79 Å².